The van der Waals surface area contributed by atoms with Crippen molar-refractivity contribution in [3.63, 3.8) is 0 Å². The van der Waals surface area contributed by atoms with Crippen molar-refractivity contribution in [1.29, 1.82) is 0 Å². The van der Waals surface area contributed by atoms with Crippen LogP contribution < -0.4 is 5.32 Å². The van der Waals surface area contributed by atoms with Crippen LogP contribution in [0, 0.1) is 0 Å². The van der Waals surface area contributed by atoms with E-state index in [1.54, 1.807) is 0 Å². The van der Waals surface area contributed by atoms with Gasteiger partial charge in [-0.25, -0.2) is 0 Å². The molecule has 0 saturated carbocycles. The highest BCUT2D eigenvalue weighted by Gasteiger charge is 2.33. The largest absolute Gasteiger partial charge is 0.391 e. The number of carbonyl (C=O) groups is 1. The fourth-order valence-corrected chi connectivity index (χ4v) is 1.55. The van der Waals surface area contributed by atoms with Gasteiger partial charge in [0.25, 0.3) is 0 Å². The SMILES string of the molecule is CC(=O)N[C@@H](CC(F)(F)F)c1ccc(Cl)cc1. The van der Waals surface area contributed by atoms with E-state index in [0.29, 0.717) is 10.6 Å². The molecule has 1 amide bonds. The molecule has 0 unspecified atom stereocenters. The number of hydrogen-bond donors (Lipinski definition) is 1. The van der Waals surface area contributed by atoms with Crippen molar-refractivity contribution < 1.29 is 18.0 Å². The molecule has 1 rings (SSSR count). The van der Waals surface area contributed by atoms with Gasteiger partial charge in [0.05, 0.1) is 12.5 Å². The van der Waals surface area contributed by atoms with Crippen LogP contribution >= 0.6 is 11.6 Å². The maximum Gasteiger partial charge on any atom is 0.391 e. The number of halogens is 4. The summed E-state index contributed by atoms with van der Waals surface area (Å²) in [4.78, 5) is 10.9. The number of rotatable bonds is 3. The maximum absolute atomic E-state index is 12.3. The first kappa shape index (κ1) is 13.8. The standard InChI is InChI=1S/C11H11ClF3NO/c1-7(17)16-10(6-11(13,14)15)8-2-4-9(12)5-3-8/h2-5,10H,6H2,1H3,(H,16,17)/t10-/m0/s1. The summed E-state index contributed by atoms with van der Waals surface area (Å²) in [5.41, 5.74) is 0.377. The van der Waals surface area contributed by atoms with Crippen LogP contribution in [0.1, 0.15) is 24.9 Å². The quantitative estimate of drug-likeness (QED) is 0.891. The average molecular weight is 266 g/mol. The molecule has 6 heteroatoms. The molecule has 1 atom stereocenters. The molecular weight excluding hydrogens is 255 g/mol. The fraction of sp³-hybridized carbons (Fsp3) is 0.364. The zero-order chi connectivity index (χ0) is 13.1. The lowest BCUT2D eigenvalue weighted by molar-refractivity contribution is -0.142. The van der Waals surface area contributed by atoms with Crippen molar-refractivity contribution in [2.75, 3.05) is 0 Å². The molecule has 17 heavy (non-hydrogen) atoms. The fourth-order valence-electron chi connectivity index (χ4n) is 1.42. The van der Waals surface area contributed by atoms with Gasteiger partial charge < -0.3 is 5.32 Å². The van der Waals surface area contributed by atoms with Crippen LogP contribution in [0.25, 0.3) is 0 Å². The summed E-state index contributed by atoms with van der Waals surface area (Å²) in [6.07, 6.45) is -5.44. The third-order valence-electron chi connectivity index (χ3n) is 2.09. The first-order valence-corrected chi connectivity index (χ1v) is 5.25. The Morgan fingerprint density at radius 2 is 1.88 bits per heavy atom. The van der Waals surface area contributed by atoms with Gasteiger partial charge in [-0.05, 0) is 17.7 Å². The number of benzene rings is 1. The van der Waals surface area contributed by atoms with Crippen molar-refractivity contribution >= 4 is 17.5 Å². The van der Waals surface area contributed by atoms with Gasteiger partial charge in [0.2, 0.25) is 5.91 Å². The van der Waals surface area contributed by atoms with Gasteiger partial charge in [-0.1, -0.05) is 23.7 Å². The summed E-state index contributed by atoms with van der Waals surface area (Å²) < 4.78 is 37.0. The van der Waals surface area contributed by atoms with E-state index >= 15 is 0 Å². The van der Waals surface area contributed by atoms with Crippen LogP contribution in [-0.4, -0.2) is 12.1 Å². The summed E-state index contributed by atoms with van der Waals surface area (Å²) in [5, 5.41) is 2.70. The van der Waals surface area contributed by atoms with Gasteiger partial charge in [0, 0.05) is 11.9 Å². The molecule has 94 valence electrons. The second-order valence-corrected chi connectivity index (χ2v) is 4.06. The van der Waals surface area contributed by atoms with Crippen molar-refractivity contribution in [2.45, 2.75) is 25.6 Å². The van der Waals surface area contributed by atoms with Crippen LogP contribution in [0.2, 0.25) is 5.02 Å². The molecule has 1 aromatic rings. The van der Waals surface area contributed by atoms with E-state index in [1.807, 2.05) is 0 Å². The van der Waals surface area contributed by atoms with E-state index in [4.69, 9.17) is 11.6 Å². The lowest BCUT2D eigenvalue weighted by atomic mass is 10.0. The molecule has 0 aromatic heterocycles. The van der Waals surface area contributed by atoms with Gasteiger partial charge in [-0.15, -0.1) is 0 Å². The Morgan fingerprint density at radius 3 is 2.29 bits per heavy atom. The summed E-state index contributed by atoms with van der Waals surface area (Å²) in [6, 6.07) is 4.83. The Labute approximate surface area is 102 Å². The second kappa shape index (κ2) is 5.40. The number of carbonyl (C=O) groups excluding carboxylic acids is 1. The number of amides is 1. The molecular formula is C11H11ClF3NO. The van der Waals surface area contributed by atoms with E-state index in [9.17, 15) is 18.0 Å². The Balaban J connectivity index is 2.89. The number of nitrogens with one attached hydrogen (secondary N) is 1. The minimum absolute atomic E-state index is 0.377. The van der Waals surface area contributed by atoms with Crippen LogP contribution in [-0.2, 0) is 4.79 Å². The minimum atomic E-state index is -4.34. The summed E-state index contributed by atoms with van der Waals surface area (Å²) in [5.74, 6) is -0.505. The first-order chi connectivity index (χ1) is 7.78. The van der Waals surface area contributed by atoms with E-state index in [1.165, 1.54) is 31.2 Å². The molecule has 1 aromatic carbocycles. The predicted molar refractivity (Wildman–Crippen MR) is 58.7 cm³/mol. The Kier molecular flexibility index (Phi) is 4.40. The second-order valence-electron chi connectivity index (χ2n) is 3.62. The van der Waals surface area contributed by atoms with E-state index in [2.05, 4.69) is 5.32 Å². The van der Waals surface area contributed by atoms with Crippen LogP contribution in [0.4, 0.5) is 13.2 Å². The number of alkyl halides is 3. The number of hydrogen-bond acceptors (Lipinski definition) is 1. The topological polar surface area (TPSA) is 29.1 Å². The van der Waals surface area contributed by atoms with Crippen LogP contribution in [0.15, 0.2) is 24.3 Å². The highest BCUT2D eigenvalue weighted by molar-refractivity contribution is 6.30. The zero-order valence-electron chi connectivity index (χ0n) is 9.01. The first-order valence-electron chi connectivity index (χ1n) is 4.87. The molecule has 0 aliphatic carbocycles. The molecule has 0 aliphatic rings. The molecule has 2 nitrogen and oxygen atoms in total. The van der Waals surface area contributed by atoms with Crippen LogP contribution in [0.5, 0.6) is 0 Å². The van der Waals surface area contributed by atoms with Gasteiger partial charge in [0.1, 0.15) is 0 Å². The summed E-state index contributed by atoms with van der Waals surface area (Å²) >= 11 is 5.65. The Morgan fingerprint density at radius 1 is 1.35 bits per heavy atom. The molecule has 1 N–H and O–H groups in total. The Hall–Kier alpha value is -1.23. The highest BCUT2D eigenvalue weighted by atomic mass is 35.5. The van der Waals surface area contributed by atoms with Crippen molar-refractivity contribution in [1.82, 2.24) is 5.32 Å². The molecule has 0 heterocycles. The lowest BCUT2D eigenvalue weighted by Gasteiger charge is -2.19. The van der Waals surface area contributed by atoms with E-state index in [0.717, 1.165) is 0 Å². The monoisotopic (exact) mass is 265 g/mol. The van der Waals surface area contributed by atoms with E-state index in [-0.39, 0.29) is 0 Å². The smallest absolute Gasteiger partial charge is 0.349 e. The molecule has 0 fully saturated rings. The van der Waals surface area contributed by atoms with Gasteiger partial charge >= 0.3 is 6.18 Å². The Bertz CT molecular complexity index is 389. The van der Waals surface area contributed by atoms with Crippen molar-refractivity contribution in [2.24, 2.45) is 0 Å². The third-order valence-corrected chi connectivity index (χ3v) is 2.34. The van der Waals surface area contributed by atoms with Gasteiger partial charge in [-0.3, -0.25) is 4.79 Å². The molecule has 0 spiro atoms. The minimum Gasteiger partial charge on any atom is -0.349 e. The predicted octanol–water partition coefficient (Wildman–Crippen LogP) is 3.47. The van der Waals surface area contributed by atoms with Crippen molar-refractivity contribution in [3.8, 4) is 0 Å². The van der Waals surface area contributed by atoms with E-state index < -0.39 is 24.5 Å². The maximum atomic E-state index is 12.3. The summed E-state index contributed by atoms with van der Waals surface area (Å²) in [6.45, 7) is 1.18. The third kappa shape index (κ3) is 5.08. The van der Waals surface area contributed by atoms with Crippen LogP contribution in [0.3, 0.4) is 0 Å². The lowest BCUT2D eigenvalue weighted by Crippen LogP contribution is -2.30. The molecule has 0 bridgehead atoms. The summed E-state index contributed by atoms with van der Waals surface area (Å²) in [7, 11) is 0. The van der Waals surface area contributed by atoms with Gasteiger partial charge in [0.15, 0.2) is 0 Å². The molecule has 0 saturated heterocycles. The highest BCUT2D eigenvalue weighted by Crippen LogP contribution is 2.29. The molecule has 0 radical (unpaired) electrons. The normalized spacial score (nSPS) is 13.2. The average Bonchev–Trinajstić information content (AvgIpc) is 2.14. The van der Waals surface area contributed by atoms with Crippen molar-refractivity contribution in [3.05, 3.63) is 34.9 Å². The van der Waals surface area contributed by atoms with Gasteiger partial charge in [-0.2, -0.15) is 13.2 Å². The molecule has 0 aliphatic heterocycles. The zero-order valence-corrected chi connectivity index (χ0v) is 9.77.